The highest BCUT2D eigenvalue weighted by Crippen LogP contribution is 2.22. The van der Waals surface area contributed by atoms with E-state index in [1.807, 2.05) is 0 Å². The maximum atomic E-state index is 13.8. The summed E-state index contributed by atoms with van der Waals surface area (Å²) in [6, 6.07) is 8.97. The van der Waals surface area contributed by atoms with Gasteiger partial charge in [0.15, 0.2) is 5.82 Å². The predicted octanol–water partition coefficient (Wildman–Crippen LogP) is 4.67. The molecular formula is C17H13BrF3N3O. The molecule has 2 aromatic carbocycles. The van der Waals surface area contributed by atoms with E-state index in [4.69, 9.17) is 0 Å². The highest BCUT2D eigenvalue weighted by molar-refractivity contribution is 9.10. The lowest BCUT2D eigenvalue weighted by molar-refractivity contribution is 0.0784. The van der Waals surface area contributed by atoms with E-state index in [0.717, 1.165) is 0 Å². The van der Waals surface area contributed by atoms with Gasteiger partial charge in [0.1, 0.15) is 5.82 Å². The van der Waals surface area contributed by atoms with Crippen LogP contribution in [0, 0.1) is 5.82 Å². The summed E-state index contributed by atoms with van der Waals surface area (Å²) >= 11 is 3.27. The second kappa shape index (κ2) is 6.87. The average Bonchev–Trinajstić information content (AvgIpc) is 3.01. The van der Waals surface area contributed by atoms with Crippen molar-refractivity contribution in [1.82, 2.24) is 14.9 Å². The normalized spacial score (nSPS) is 11.3. The van der Waals surface area contributed by atoms with Crippen LogP contribution in [0.1, 0.15) is 28.2 Å². The first-order chi connectivity index (χ1) is 11.8. The summed E-state index contributed by atoms with van der Waals surface area (Å²) in [6.07, 6.45) is -2.71. The zero-order chi connectivity index (χ0) is 18.1. The second-order valence-corrected chi connectivity index (χ2v) is 6.47. The van der Waals surface area contributed by atoms with E-state index < -0.39 is 18.1 Å². The molecule has 0 saturated heterocycles. The van der Waals surface area contributed by atoms with Gasteiger partial charge < -0.3 is 9.88 Å². The minimum atomic E-state index is -2.71. The molecule has 0 fully saturated rings. The number of nitrogens with zero attached hydrogens (tertiary/aromatic N) is 2. The minimum Gasteiger partial charge on any atom is -0.337 e. The molecule has 0 aliphatic heterocycles. The molecule has 1 N–H and O–H groups in total. The number of aromatic amines is 1. The van der Waals surface area contributed by atoms with Gasteiger partial charge in [0.25, 0.3) is 12.3 Å². The molecule has 0 saturated carbocycles. The van der Waals surface area contributed by atoms with Crippen molar-refractivity contribution in [3.8, 4) is 0 Å². The van der Waals surface area contributed by atoms with Crippen molar-refractivity contribution < 1.29 is 18.0 Å². The van der Waals surface area contributed by atoms with Crippen LogP contribution in [-0.2, 0) is 6.54 Å². The number of nitrogens with one attached hydrogen (secondary N) is 1. The van der Waals surface area contributed by atoms with Gasteiger partial charge in [-0.05, 0) is 36.4 Å². The highest BCUT2D eigenvalue weighted by atomic mass is 79.9. The van der Waals surface area contributed by atoms with Crippen molar-refractivity contribution in [3.63, 3.8) is 0 Å². The third-order valence-corrected chi connectivity index (χ3v) is 4.21. The molecule has 4 nitrogen and oxygen atoms in total. The van der Waals surface area contributed by atoms with E-state index >= 15 is 0 Å². The van der Waals surface area contributed by atoms with E-state index in [0.29, 0.717) is 26.6 Å². The third-order valence-electron chi connectivity index (χ3n) is 3.72. The summed E-state index contributed by atoms with van der Waals surface area (Å²) < 4.78 is 39.9. The van der Waals surface area contributed by atoms with Crippen molar-refractivity contribution in [1.29, 1.82) is 0 Å². The van der Waals surface area contributed by atoms with Gasteiger partial charge in [-0.25, -0.2) is 18.2 Å². The molecule has 1 amide bonds. The van der Waals surface area contributed by atoms with Crippen LogP contribution < -0.4 is 0 Å². The fourth-order valence-electron chi connectivity index (χ4n) is 2.48. The number of halogens is 4. The molecule has 0 bridgehead atoms. The number of benzene rings is 2. The molecular weight excluding hydrogens is 399 g/mol. The van der Waals surface area contributed by atoms with Gasteiger partial charge in [-0.15, -0.1) is 0 Å². The number of H-pyrrole nitrogens is 1. The van der Waals surface area contributed by atoms with Crippen molar-refractivity contribution in [3.05, 3.63) is 63.6 Å². The first-order valence-electron chi connectivity index (χ1n) is 7.32. The largest absolute Gasteiger partial charge is 0.337 e. The molecule has 3 rings (SSSR count). The predicted molar refractivity (Wildman–Crippen MR) is 90.9 cm³/mol. The smallest absolute Gasteiger partial charge is 0.295 e. The number of rotatable bonds is 4. The lowest BCUT2D eigenvalue weighted by Crippen LogP contribution is -2.26. The Morgan fingerprint density at radius 3 is 2.76 bits per heavy atom. The molecule has 25 heavy (non-hydrogen) atoms. The van der Waals surface area contributed by atoms with Gasteiger partial charge in [0.2, 0.25) is 0 Å². The van der Waals surface area contributed by atoms with E-state index in [1.165, 1.54) is 29.2 Å². The Bertz CT molecular complexity index is 942. The van der Waals surface area contributed by atoms with Crippen LogP contribution in [-0.4, -0.2) is 27.8 Å². The van der Waals surface area contributed by atoms with Crippen molar-refractivity contribution >= 4 is 32.9 Å². The number of carbonyl (C=O) groups is 1. The van der Waals surface area contributed by atoms with E-state index in [-0.39, 0.29) is 12.5 Å². The fourth-order valence-corrected chi connectivity index (χ4v) is 2.89. The lowest BCUT2D eigenvalue weighted by Gasteiger charge is -2.18. The summed E-state index contributed by atoms with van der Waals surface area (Å²) in [5.74, 6) is -1.20. The van der Waals surface area contributed by atoms with E-state index in [9.17, 15) is 18.0 Å². The molecule has 3 aromatic rings. The Morgan fingerprint density at radius 2 is 2.04 bits per heavy atom. The summed E-state index contributed by atoms with van der Waals surface area (Å²) in [5.41, 5.74) is 1.37. The van der Waals surface area contributed by atoms with Gasteiger partial charge in [-0.3, -0.25) is 4.79 Å². The SMILES string of the molecule is CN(Cc1cc(Br)ccc1F)C(=O)c1ccc2nc(C(F)F)[nH]c2c1. The lowest BCUT2D eigenvalue weighted by atomic mass is 10.1. The van der Waals surface area contributed by atoms with Crippen LogP contribution in [0.2, 0.25) is 0 Å². The van der Waals surface area contributed by atoms with Crippen LogP contribution >= 0.6 is 15.9 Å². The molecule has 0 aliphatic rings. The number of amides is 1. The molecule has 0 spiro atoms. The zero-order valence-electron chi connectivity index (χ0n) is 13.1. The maximum Gasteiger partial charge on any atom is 0.295 e. The van der Waals surface area contributed by atoms with Gasteiger partial charge >= 0.3 is 0 Å². The van der Waals surface area contributed by atoms with Gasteiger partial charge in [-0.1, -0.05) is 15.9 Å². The monoisotopic (exact) mass is 411 g/mol. The van der Waals surface area contributed by atoms with Crippen LogP contribution in [0.4, 0.5) is 13.2 Å². The summed E-state index contributed by atoms with van der Waals surface area (Å²) in [4.78, 5) is 20.2. The van der Waals surface area contributed by atoms with Gasteiger partial charge in [-0.2, -0.15) is 0 Å². The number of alkyl halides is 2. The number of imidazole rings is 1. The topological polar surface area (TPSA) is 49.0 Å². The van der Waals surface area contributed by atoms with Gasteiger partial charge in [0.05, 0.1) is 11.0 Å². The van der Waals surface area contributed by atoms with Crippen LogP contribution in [0.25, 0.3) is 11.0 Å². The minimum absolute atomic E-state index is 0.0768. The standard InChI is InChI=1S/C17H13BrF3N3O/c1-24(8-10-6-11(18)3-4-12(10)19)17(25)9-2-5-13-14(7-9)23-16(22-13)15(20)21/h2-7,15H,8H2,1H3,(H,22,23). The number of fused-ring (bicyclic) bond motifs is 1. The van der Waals surface area contributed by atoms with Gasteiger partial charge in [0, 0.05) is 29.2 Å². The Morgan fingerprint density at radius 1 is 1.28 bits per heavy atom. The Balaban J connectivity index is 1.84. The Labute approximate surface area is 149 Å². The molecule has 130 valence electrons. The fraction of sp³-hybridized carbons (Fsp3) is 0.176. The first-order valence-corrected chi connectivity index (χ1v) is 8.11. The maximum absolute atomic E-state index is 13.8. The molecule has 0 unspecified atom stereocenters. The summed E-state index contributed by atoms with van der Waals surface area (Å²) in [6.45, 7) is 0.0768. The summed E-state index contributed by atoms with van der Waals surface area (Å²) in [5, 5.41) is 0. The summed E-state index contributed by atoms with van der Waals surface area (Å²) in [7, 11) is 1.55. The Hall–Kier alpha value is -2.35. The molecule has 1 heterocycles. The number of aromatic nitrogens is 2. The molecule has 1 aromatic heterocycles. The number of carbonyl (C=O) groups excluding carboxylic acids is 1. The van der Waals surface area contributed by atoms with E-state index in [2.05, 4.69) is 25.9 Å². The van der Waals surface area contributed by atoms with Crippen LogP contribution in [0.5, 0.6) is 0 Å². The number of hydrogen-bond donors (Lipinski definition) is 1. The van der Waals surface area contributed by atoms with E-state index in [1.54, 1.807) is 19.2 Å². The second-order valence-electron chi connectivity index (χ2n) is 5.55. The van der Waals surface area contributed by atoms with Crippen molar-refractivity contribution in [2.45, 2.75) is 13.0 Å². The molecule has 0 aliphatic carbocycles. The van der Waals surface area contributed by atoms with Crippen LogP contribution in [0.3, 0.4) is 0 Å². The highest BCUT2D eigenvalue weighted by Gasteiger charge is 2.17. The van der Waals surface area contributed by atoms with Crippen LogP contribution in [0.15, 0.2) is 40.9 Å². The first kappa shape index (κ1) is 17.5. The molecule has 8 heteroatoms. The molecule has 0 atom stereocenters. The molecule has 0 radical (unpaired) electrons. The number of hydrogen-bond acceptors (Lipinski definition) is 2. The van der Waals surface area contributed by atoms with Crippen molar-refractivity contribution in [2.24, 2.45) is 0 Å². The Kier molecular flexibility index (Phi) is 4.80. The average molecular weight is 412 g/mol. The zero-order valence-corrected chi connectivity index (χ0v) is 14.6. The third kappa shape index (κ3) is 3.68. The van der Waals surface area contributed by atoms with Crippen molar-refractivity contribution in [2.75, 3.05) is 7.05 Å². The quantitative estimate of drug-likeness (QED) is 0.677.